The van der Waals surface area contributed by atoms with E-state index < -0.39 is 5.79 Å². The molecule has 0 spiro atoms. The van der Waals surface area contributed by atoms with Gasteiger partial charge in [-0.2, -0.15) is 0 Å². The van der Waals surface area contributed by atoms with Crippen LogP contribution in [-0.4, -0.2) is 33.7 Å². The number of ether oxygens (including phenoxy) is 4. The van der Waals surface area contributed by atoms with Crippen LogP contribution >= 0.6 is 0 Å². The van der Waals surface area contributed by atoms with Crippen LogP contribution in [0.15, 0.2) is 46.9 Å². The van der Waals surface area contributed by atoms with Gasteiger partial charge in [-0.1, -0.05) is 30.3 Å². The van der Waals surface area contributed by atoms with Gasteiger partial charge < -0.3 is 23.4 Å². The van der Waals surface area contributed by atoms with E-state index in [9.17, 15) is 4.79 Å². The number of methoxy groups -OCH3 is 2. The maximum absolute atomic E-state index is 11.6. The van der Waals surface area contributed by atoms with Crippen LogP contribution in [0.3, 0.4) is 0 Å². The quantitative estimate of drug-likeness (QED) is 0.653. The van der Waals surface area contributed by atoms with Gasteiger partial charge in [0.15, 0.2) is 23.4 Å². The number of fused-ring (bicyclic) bond motifs is 1. The van der Waals surface area contributed by atoms with Gasteiger partial charge in [0.05, 0.1) is 27.4 Å². The maximum atomic E-state index is 11.6. The van der Waals surface area contributed by atoms with Crippen molar-refractivity contribution in [2.45, 2.75) is 5.79 Å². The third-order valence-electron chi connectivity index (χ3n) is 4.48. The number of carbonyl (C=O) groups is 1. The molecular formula is C20H18O6. The molecule has 6 heteroatoms. The van der Waals surface area contributed by atoms with Gasteiger partial charge >= 0.3 is 0 Å². The van der Waals surface area contributed by atoms with Crippen molar-refractivity contribution in [3.8, 4) is 11.5 Å². The summed E-state index contributed by atoms with van der Waals surface area (Å²) in [6.07, 6.45) is 0.759. The van der Waals surface area contributed by atoms with E-state index in [1.54, 1.807) is 12.1 Å². The molecule has 1 aliphatic heterocycles. The summed E-state index contributed by atoms with van der Waals surface area (Å²) in [7, 11) is 3.03. The minimum Gasteiger partial charge on any atom is -0.493 e. The van der Waals surface area contributed by atoms with E-state index in [0.717, 1.165) is 11.8 Å². The number of hydrogen-bond acceptors (Lipinski definition) is 6. The Bertz CT molecular complexity index is 938. The largest absolute Gasteiger partial charge is 0.493 e. The van der Waals surface area contributed by atoms with Crippen molar-refractivity contribution in [3.05, 3.63) is 59.4 Å². The highest BCUT2D eigenvalue weighted by atomic mass is 16.7. The summed E-state index contributed by atoms with van der Waals surface area (Å²) in [5, 5.41) is 0.613. The molecule has 0 amide bonds. The van der Waals surface area contributed by atoms with Crippen molar-refractivity contribution in [2.75, 3.05) is 27.4 Å². The molecule has 0 unspecified atom stereocenters. The molecule has 0 N–H and O–H groups in total. The van der Waals surface area contributed by atoms with Gasteiger partial charge in [-0.25, -0.2) is 0 Å². The molecule has 0 bridgehead atoms. The second-order valence-corrected chi connectivity index (χ2v) is 5.85. The average Bonchev–Trinajstić information content (AvgIpc) is 3.35. The molecule has 1 aromatic heterocycles. The second kappa shape index (κ2) is 6.48. The Morgan fingerprint density at radius 3 is 2.38 bits per heavy atom. The first-order chi connectivity index (χ1) is 12.7. The molecule has 3 aromatic rings. The number of benzene rings is 2. The van der Waals surface area contributed by atoms with E-state index >= 15 is 0 Å². The van der Waals surface area contributed by atoms with Gasteiger partial charge in [0.1, 0.15) is 0 Å². The summed E-state index contributed by atoms with van der Waals surface area (Å²) in [5.74, 6) is 0.134. The molecule has 2 heterocycles. The van der Waals surface area contributed by atoms with Gasteiger partial charge in [-0.15, -0.1) is 0 Å². The topological polar surface area (TPSA) is 67.1 Å². The third kappa shape index (κ3) is 2.38. The summed E-state index contributed by atoms with van der Waals surface area (Å²) >= 11 is 0. The molecule has 0 aliphatic carbocycles. The number of furan rings is 1. The molecule has 4 rings (SSSR count). The Hall–Kier alpha value is -2.83. The molecular weight excluding hydrogens is 336 g/mol. The fourth-order valence-electron chi connectivity index (χ4n) is 3.30. The fourth-order valence-corrected chi connectivity index (χ4v) is 3.30. The van der Waals surface area contributed by atoms with E-state index in [4.69, 9.17) is 23.4 Å². The monoisotopic (exact) mass is 354 g/mol. The number of carbonyl (C=O) groups excluding carboxylic acids is 1. The molecule has 134 valence electrons. The molecule has 1 aliphatic rings. The van der Waals surface area contributed by atoms with E-state index in [-0.39, 0.29) is 0 Å². The first-order valence-electron chi connectivity index (χ1n) is 8.21. The Kier molecular flexibility index (Phi) is 4.14. The Labute approximate surface area is 150 Å². The highest BCUT2D eigenvalue weighted by Crippen LogP contribution is 2.45. The summed E-state index contributed by atoms with van der Waals surface area (Å²) in [5.41, 5.74) is 1.67. The molecule has 1 saturated heterocycles. The fraction of sp³-hybridized carbons (Fsp3) is 0.250. The van der Waals surface area contributed by atoms with Crippen LogP contribution in [0.25, 0.3) is 11.0 Å². The van der Waals surface area contributed by atoms with Crippen molar-refractivity contribution in [2.24, 2.45) is 0 Å². The number of hydrogen-bond donors (Lipinski definition) is 0. The number of aldehydes is 1. The van der Waals surface area contributed by atoms with E-state index in [2.05, 4.69) is 0 Å². The normalized spacial score (nSPS) is 15.9. The molecule has 26 heavy (non-hydrogen) atoms. The standard InChI is InChI=1S/C20H18O6/c1-22-16-10-13(12-21)15-11-17(26-18(15)19(16)23-2)20(24-8-9-25-20)14-6-4-3-5-7-14/h3-7,10-12H,8-9H2,1-2H3. The zero-order valence-corrected chi connectivity index (χ0v) is 14.5. The highest BCUT2D eigenvalue weighted by molar-refractivity contribution is 6.00. The lowest BCUT2D eigenvalue weighted by atomic mass is 10.0. The van der Waals surface area contributed by atoms with E-state index in [1.165, 1.54) is 14.2 Å². The second-order valence-electron chi connectivity index (χ2n) is 5.85. The Balaban J connectivity index is 1.98. The third-order valence-corrected chi connectivity index (χ3v) is 4.48. The Morgan fingerprint density at radius 2 is 1.77 bits per heavy atom. The van der Waals surface area contributed by atoms with Gasteiger partial charge in [0, 0.05) is 16.5 Å². The van der Waals surface area contributed by atoms with Crippen LogP contribution < -0.4 is 9.47 Å². The zero-order valence-electron chi connectivity index (χ0n) is 14.5. The summed E-state index contributed by atoms with van der Waals surface area (Å²) in [4.78, 5) is 11.6. The number of rotatable bonds is 5. The van der Waals surface area contributed by atoms with Gasteiger partial charge in [0.2, 0.25) is 5.75 Å². The predicted molar refractivity (Wildman–Crippen MR) is 93.8 cm³/mol. The molecule has 0 saturated carbocycles. The highest BCUT2D eigenvalue weighted by Gasteiger charge is 2.44. The lowest BCUT2D eigenvalue weighted by Gasteiger charge is -2.25. The van der Waals surface area contributed by atoms with Crippen molar-refractivity contribution in [3.63, 3.8) is 0 Å². The molecule has 6 nitrogen and oxygen atoms in total. The minimum absolute atomic E-state index is 0.415. The van der Waals surface area contributed by atoms with Crippen LogP contribution in [0.5, 0.6) is 11.5 Å². The van der Waals surface area contributed by atoms with Crippen molar-refractivity contribution < 1.29 is 28.2 Å². The Morgan fingerprint density at radius 1 is 1.04 bits per heavy atom. The first kappa shape index (κ1) is 16.6. The van der Waals surface area contributed by atoms with Crippen LogP contribution in [0.1, 0.15) is 21.7 Å². The molecule has 0 atom stereocenters. The minimum atomic E-state index is -1.15. The zero-order chi connectivity index (χ0) is 18.1. The first-order valence-corrected chi connectivity index (χ1v) is 8.21. The lowest BCUT2D eigenvalue weighted by Crippen LogP contribution is -2.27. The van der Waals surface area contributed by atoms with E-state index in [0.29, 0.717) is 47.0 Å². The maximum Gasteiger partial charge on any atom is 0.256 e. The smallest absolute Gasteiger partial charge is 0.256 e. The lowest BCUT2D eigenvalue weighted by molar-refractivity contribution is -0.142. The van der Waals surface area contributed by atoms with Crippen molar-refractivity contribution in [1.29, 1.82) is 0 Å². The predicted octanol–water partition coefficient (Wildman–Crippen LogP) is 3.51. The van der Waals surface area contributed by atoms with Crippen molar-refractivity contribution >= 4 is 17.3 Å². The van der Waals surface area contributed by atoms with Gasteiger partial charge in [-0.3, -0.25) is 4.79 Å². The van der Waals surface area contributed by atoms with Crippen LogP contribution in [0.4, 0.5) is 0 Å². The van der Waals surface area contributed by atoms with Gasteiger partial charge in [0.25, 0.3) is 5.79 Å². The van der Waals surface area contributed by atoms with Crippen LogP contribution in [0.2, 0.25) is 0 Å². The molecule has 0 radical (unpaired) electrons. The van der Waals surface area contributed by atoms with Gasteiger partial charge in [-0.05, 0) is 12.1 Å². The summed E-state index contributed by atoms with van der Waals surface area (Å²) in [6.45, 7) is 0.875. The molecule has 2 aromatic carbocycles. The van der Waals surface area contributed by atoms with E-state index in [1.807, 2.05) is 30.3 Å². The average molecular weight is 354 g/mol. The van der Waals surface area contributed by atoms with Crippen LogP contribution in [0, 0.1) is 0 Å². The summed E-state index contributed by atoms with van der Waals surface area (Å²) in [6, 6.07) is 13.0. The van der Waals surface area contributed by atoms with Crippen molar-refractivity contribution in [1.82, 2.24) is 0 Å². The molecule has 1 fully saturated rings. The van der Waals surface area contributed by atoms with Crippen LogP contribution in [-0.2, 0) is 15.3 Å². The summed E-state index contributed by atoms with van der Waals surface area (Å²) < 4.78 is 28.8. The SMILES string of the molecule is COc1cc(C=O)c2cc(C3(c4ccccc4)OCCO3)oc2c1OC.